The summed E-state index contributed by atoms with van der Waals surface area (Å²) in [5.74, 6) is -1.45. The Bertz CT molecular complexity index is 706. The van der Waals surface area contributed by atoms with Crippen LogP contribution in [0.1, 0.15) is 39.2 Å². The summed E-state index contributed by atoms with van der Waals surface area (Å²) in [6.07, 6.45) is 2.41. The molecule has 7 heteroatoms. The topological polar surface area (TPSA) is 97.1 Å². The molecule has 0 radical (unpaired) electrons. The fourth-order valence-electron chi connectivity index (χ4n) is 2.00. The van der Waals surface area contributed by atoms with Crippen molar-refractivity contribution >= 4 is 17.6 Å². The third-order valence-electron chi connectivity index (χ3n) is 3.04. The highest BCUT2D eigenvalue weighted by Gasteiger charge is 2.15. The lowest BCUT2D eigenvalue weighted by atomic mass is 10.2. The second kappa shape index (κ2) is 5.74. The van der Waals surface area contributed by atoms with Crippen LogP contribution in [0.2, 0.25) is 0 Å². The van der Waals surface area contributed by atoms with Gasteiger partial charge < -0.3 is 10.4 Å². The molecule has 2 heterocycles. The molecule has 110 valence electrons. The van der Waals surface area contributed by atoms with Gasteiger partial charge in [-0.1, -0.05) is 6.92 Å². The molecule has 2 rings (SSSR count). The normalized spacial score (nSPS) is 10.4. The van der Waals surface area contributed by atoms with Crippen LogP contribution in [0.15, 0.2) is 18.3 Å². The average molecular weight is 288 g/mol. The molecular formula is C14H16N4O3. The molecular weight excluding hydrogens is 272 g/mol. The monoisotopic (exact) mass is 288 g/mol. The first-order chi connectivity index (χ1) is 9.92. The van der Waals surface area contributed by atoms with Crippen molar-refractivity contribution in [1.29, 1.82) is 0 Å². The van der Waals surface area contributed by atoms with Crippen molar-refractivity contribution in [2.24, 2.45) is 7.05 Å². The first-order valence-electron chi connectivity index (χ1n) is 6.47. The van der Waals surface area contributed by atoms with Crippen LogP contribution in [0.5, 0.6) is 0 Å². The fourth-order valence-corrected chi connectivity index (χ4v) is 2.00. The van der Waals surface area contributed by atoms with Crippen LogP contribution in [0.25, 0.3) is 0 Å². The number of hydrogen-bond donors (Lipinski definition) is 2. The van der Waals surface area contributed by atoms with E-state index in [-0.39, 0.29) is 11.3 Å². The van der Waals surface area contributed by atoms with E-state index in [9.17, 15) is 9.59 Å². The number of carbonyl (C=O) groups excluding carboxylic acids is 1. The van der Waals surface area contributed by atoms with Crippen molar-refractivity contribution in [3.05, 3.63) is 41.0 Å². The van der Waals surface area contributed by atoms with E-state index in [0.717, 1.165) is 5.69 Å². The van der Waals surface area contributed by atoms with Gasteiger partial charge in [-0.2, -0.15) is 5.10 Å². The van der Waals surface area contributed by atoms with Crippen LogP contribution < -0.4 is 5.32 Å². The number of nitrogens with one attached hydrogen (secondary N) is 1. The van der Waals surface area contributed by atoms with Crippen LogP contribution in [-0.2, 0) is 13.5 Å². The first kappa shape index (κ1) is 14.7. The molecule has 0 fully saturated rings. The number of aromatic nitrogens is 3. The first-order valence-corrected chi connectivity index (χ1v) is 6.47. The summed E-state index contributed by atoms with van der Waals surface area (Å²) in [4.78, 5) is 27.1. The molecule has 0 aromatic carbocycles. The smallest absolute Gasteiger partial charge is 0.337 e. The Morgan fingerprint density at radius 3 is 2.67 bits per heavy atom. The van der Waals surface area contributed by atoms with E-state index in [0.29, 0.717) is 17.8 Å². The van der Waals surface area contributed by atoms with Crippen LogP contribution >= 0.6 is 0 Å². The van der Waals surface area contributed by atoms with Crippen molar-refractivity contribution in [1.82, 2.24) is 14.8 Å². The number of pyridine rings is 1. The van der Waals surface area contributed by atoms with Gasteiger partial charge in [0.25, 0.3) is 5.91 Å². The largest absolute Gasteiger partial charge is 0.478 e. The third kappa shape index (κ3) is 3.07. The highest BCUT2D eigenvalue weighted by atomic mass is 16.4. The molecule has 7 nitrogen and oxygen atoms in total. The number of hydrogen-bond acceptors (Lipinski definition) is 4. The van der Waals surface area contributed by atoms with Crippen LogP contribution in [0.4, 0.5) is 5.69 Å². The molecule has 0 spiro atoms. The van der Waals surface area contributed by atoms with Gasteiger partial charge in [0.2, 0.25) is 0 Å². The van der Waals surface area contributed by atoms with E-state index in [4.69, 9.17) is 5.11 Å². The number of aromatic carboxylic acids is 1. The van der Waals surface area contributed by atoms with Crippen molar-refractivity contribution < 1.29 is 14.7 Å². The second-order valence-corrected chi connectivity index (χ2v) is 4.61. The van der Waals surface area contributed by atoms with E-state index in [1.807, 2.05) is 6.92 Å². The summed E-state index contributed by atoms with van der Waals surface area (Å²) in [6, 6.07) is 2.78. The Hall–Kier alpha value is -2.70. The minimum absolute atomic E-state index is 0.0853. The van der Waals surface area contributed by atoms with Gasteiger partial charge in [0.15, 0.2) is 0 Å². The van der Waals surface area contributed by atoms with Gasteiger partial charge in [-0.3, -0.25) is 9.48 Å². The summed E-state index contributed by atoms with van der Waals surface area (Å²) < 4.78 is 1.63. The molecule has 2 aromatic rings. The molecule has 0 aliphatic rings. The summed E-state index contributed by atoms with van der Waals surface area (Å²) in [5, 5.41) is 15.9. The average Bonchev–Trinajstić information content (AvgIpc) is 2.78. The van der Waals surface area contributed by atoms with E-state index in [1.54, 1.807) is 24.9 Å². The van der Waals surface area contributed by atoms with Gasteiger partial charge in [-0.15, -0.1) is 0 Å². The Balaban J connectivity index is 2.24. The number of aryl methyl sites for hydroxylation is 3. The van der Waals surface area contributed by atoms with Gasteiger partial charge >= 0.3 is 5.97 Å². The van der Waals surface area contributed by atoms with Gasteiger partial charge in [-0.05, 0) is 25.5 Å². The number of nitrogens with zero attached hydrogens (tertiary/aromatic N) is 3. The van der Waals surface area contributed by atoms with Gasteiger partial charge in [0.1, 0.15) is 5.69 Å². The predicted molar refractivity (Wildman–Crippen MR) is 76.5 cm³/mol. The standard InChI is InChI=1S/C14H16N4O3/c1-4-10-12(7-18(3)17-10)16-13(19)11-6-5-9(14(20)21)8(2)15-11/h5-7H,4H2,1-3H3,(H,16,19)(H,20,21). The zero-order chi connectivity index (χ0) is 15.6. The molecule has 0 aliphatic heterocycles. The van der Waals surface area contributed by atoms with Crippen molar-refractivity contribution in [2.45, 2.75) is 20.3 Å². The number of amides is 1. The maximum atomic E-state index is 12.2. The summed E-state index contributed by atoms with van der Waals surface area (Å²) in [7, 11) is 1.78. The van der Waals surface area contributed by atoms with Crippen molar-refractivity contribution in [2.75, 3.05) is 5.32 Å². The summed E-state index contributed by atoms with van der Waals surface area (Å²) >= 11 is 0. The Kier molecular flexibility index (Phi) is 4.02. The van der Waals surface area contributed by atoms with Crippen LogP contribution in [0.3, 0.4) is 0 Å². The molecule has 21 heavy (non-hydrogen) atoms. The Morgan fingerprint density at radius 1 is 1.38 bits per heavy atom. The molecule has 0 unspecified atom stereocenters. The van der Waals surface area contributed by atoms with E-state index in [2.05, 4.69) is 15.4 Å². The molecule has 0 aliphatic carbocycles. The lowest BCUT2D eigenvalue weighted by Gasteiger charge is -2.06. The lowest BCUT2D eigenvalue weighted by Crippen LogP contribution is -2.16. The van der Waals surface area contributed by atoms with Crippen molar-refractivity contribution in [3.63, 3.8) is 0 Å². The van der Waals surface area contributed by atoms with Gasteiger partial charge in [-0.25, -0.2) is 9.78 Å². The molecule has 0 saturated carbocycles. The van der Waals surface area contributed by atoms with Crippen LogP contribution in [-0.4, -0.2) is 31.7 Å². The van der Waals surface area contributed by atoms with Crippen LogP contribution in [0, 0.1) is 6.92 Å². The Labute approximate surface area is 121 Å². The number of carboxylic acid groups (broad SMARTS) is 1. The quantitative estimate of drug-likeness (QED) is 0.891. The molecule has 0 saturated heterocycles. The number of carboxylic acids is 1. The Morgan fingerprint density at radius 2 is 2.10 bits per heavy atom. The number of carbonyl (C=O) groups is 2. The van der Waals surface area contributed by atoms with E-state index < -0.39 is 11.9 Å². The SMILES string of the molecule is CCc1nn(C)cc1NC(=O)c1ccc(C(=O)O)c(C)n1. The predicted octanol–water partition coefficient (Wildman–Crippen LogP) is 1.64. The maximum absolute atomic E-state index is 12.2. The molecule has 0 atom stereocenters. The highest BCUT2D eigenvalue weighted by Crippen LogP contribution is 2.15. The number of rotatable bonds is 4. The molecule has 2 aromatic heterocycles. The minimum Gasteiger partial charge on any atom is -0.478 e. The van der Waals surface area contributed by atoms with Gasteiger partial charge in [0, 0.05) is 13.2 Å². The second-order valence-electron chi connectivity index (χ2n) is 4.61. The third-order valence-corrected chi connectivity index (χ3v) is 3.04. The zero-order valence-electron chi connectivity index (χ0n) is 12.0. The minimum atomic E-state index is -1.06. The summed E-state index contributed by atoms with van der Waals surface area (Å²) in [6.45, 7) is 3.50. The zero-order valence-corrected chi connectivity index (χ0v) is 12.0. The molecule has 2 N–H and O–H groups in total. The number of anilines is 1. The molecule has 1 amide bonds. The van der Waals surface area contributed by atoms with Gasteiger partial charge in [0.05, 0.1) is 22.6 Å². The van der Waals surface area contributed by atoms with Crippen molar-refractivity contribution in [3.8, 4) is 0 Å². The lowest BCUT2D eigenvalue weighted by molar-refractivity contribution is 0.0695. The molecule has 0 bridgehead atoms. The van der Waals surface area contributed by atoms with E-state index in [1.165, 1.54) is 12.1 Å². The highest BCUT2D eigenvalue weighted by molar-refractivity contribution is 6.03. The summed E-state index contributed by atoms with van der Waals surface area (Å²) in [5.41, 5.74) is 1.97. The maximum Gasteiger partial charge on any atom is 0.337 e. The van der Waals surface area contributed by atoms with E-state index >= 15 is 0 Å². The fraction of sp³-hybridized carbons (Fsp3) is 0.286.